The van der Waals surface area contributed by atoms with E-state index in [9.17, 15) is 26.4 Å². The Morgan fingerprint density at radius 2 is 1.89 bits per heavy atom. The Hall–Kier alpha value is -1.36. The number of amides is 1. The standard InChI is InChI=1S/C16H21ClF3N3O3S/c1-10(23-7-5-12(6-8-23)22-27(2,25)26)15(24)21-14-4-3-11(17)9-13(14)16(18,19)20/h3-4,9-10,12,22H,5-8H2,1-2H3,(H,21,24). The van der Waals surface area contributed by atoms with Crippen molar-refractivity contribution >= 4 is 33.2 Å². The summed E-state index contributed by atoms with van der Waals surface area (Å²) >= 11 is 5.63. The number of halogens is 4. The number of carbonyl (C=O) groups excluding carboxylic acids is 1. The molecule has 1 aliphatic rings. The van der Waals surface area contributed by atoms with E-state index in [4.69, 9.17) is 11.6 Å². The van der Waals surface area contributed by atoms with Crippen LogP contribution >= 0.6 is 11.6 Å². The van der Waals surface area contributed by atoms with E-state index >= 15 is 0 Å². The predicted octanol–water partition coefficient (Wildman–Crippen LogP) is 2.70. The van der Waals surface area contributed by atoms with Gasteiger partial charge in [-0.2, -0.15) is 13.2 Å². The summed E-state index contributed by atoms with van der Waals surface area (Å²) in [6.45, 7) is 2.51. The van der Waals surface area contributed by atoms with Crippen molar-refractivity contribution in [3.63, 3.8) is 0 Å². The van der Waals surface area contributed by atoms with E-state index in [0.29, 0.717) is 25.9 Å². The number of nitrogens with one attached hydrogen (secondary N) is 2. The molecule has 152 valence electrons. The zero-order valence-corrected chi connectivity index (χ0v) is 16.4. The van der Waals surface area contributed by atoms with E-state index in [2.05, 4.69) is 10.0 Å². The van der Waals surface area contributed by atoms with Crippen molar-refractivity contribution in [2.24, 2.45) is 0 Å². The van der Waals surface area contributed by atoms with Gasteiger partial charge >= 0.3 is 6.18 Å². The summed E-state index contributed by atoms with van der Waals surface area (Å²) in [4.78, 5) is 14.2. The van der Waals surface area contributed by atoms with Crippen LogP contribution in [-0.2, 0) is 21.0 Å². The molecule has 0 bridgehead atoms. The molecular weight excluding hydrogens is 407 g/mol. The second kappa shape index (κ2) is 8.34. The first kappa shape index (κ1) is 21.9. The Bertz CT molecular complexity index is 794. The summed E-state index contributed by atoms with van der Waals surface area (Å²) in [7, 11) is -3.31. The van der Waals surface area contributed by atoms with Gasteiger partial charge in [0.1, 0.15) is 0 Å². The Morgan fingerprint density at radius 3 is 2.41 bits per heavy atom. The third-order valence-electron chi connectivity index (χ3n) is 4.38. The highest BCUT2D eigenvalue weighted by atomic mass is 35.5. The molecule has 1 amide bonds. The summed E-state index contributed by atoms with van der Waals surface area (Å²) in [6, 6.07) is 2.29. The quantitative estimate of drug-likeness (QED) is 0.757. The van der Waals surface area contributed by atoms with E-state index in [1.54, 1.807) is 11.8 Å². The number of likely N-dealkylation sites (tertiary alicyclic amines) is 1. The van der Waals surface area contributed by atoms with Gasteiger partial charge in [-0.05, 0) is 38.0 Å². The van der Waals surface area contributed by atoms with Gasteiger partial charge in [0.25, 0.3) is 0 Å². The van der Waals surface area contributed by atoms with Crippen LogP contribution in [-0.4, -0.2) is 50.7 Å². The number of alkyl halides is 3. The number of hydrogen-bond acceptors (Lipinski definition) is 4. The van der Waals surface area contributed by atoms with Gasteiger partial charge < -0.3 is 5.32 Å². The van der Waals surface area contributed by atoms with Gasteiger partial charge in [0.15, 0.2) is 0 Å². The first-order chi connectivity index (χ1) is 12.4. The second-order valence-corrected chi connectivity index (χ2v) is 8.77. The maximum atomic E-state index is 13.1. The molecule has 6 nitrogen and oxygen atoms in total. The van der Waals surface area contributed by atoms with Crippen molar-refractivity contribution in [1.82, 2.24) is 9.62 Å². The van der Waals surface area contributed by atoms with Gasteiger partial charge in [0.05, 0.1) is 23.5 Å². The third kappa shape index (κ3) is 6.34. The van der Waals surface area contributed by atoms with Crippen molar-refractivity contribution in [3.05, 3.63) is 28.8 Å². The number of carbonyl (C=O) groups is 1. The van der Waals surface area contributed by atoms with Crippen LogP contribution in [0.1, 0.15) is 25.3 Å². The summed E-state index contributed by atoms with van der Waals surface area (Å²) < 4.78 is 64.5. The highest BCUT2D eigenvalue weighted by Gasteiger charge is 2.35. The molecule has 1 aromatic rings. The first-order valence-electron chi connectivity index (χ1n) is 8.26. The van der Waals surface area contributed by atoms with Crippen molar-refractivity contribution in [1.29, 1.82) is 0 Å². The molecule has 1 fully saturated rings. The van der Waals surface area contributed by atoms with Crippen LogP contribution in [0.25, 0.3) is 0 Å². The first-order valence-corrected chi connectivity index (χ1v) is 10.5. The molecule has 1 heterocycles. The Labute approximate surface area is 161 Å². The lowest BCUT2D eigenvalue weighted by molar-refractivity contribution is -0.137. The van der Waals surface area contributed by atoms with Gasteiger partial charge in [-0.1, -0.05) is 11.6 Å². The van der Waals surface area contributed by atoms with Crippen molar-refractivity contribution in [3.8, 4) is 0 Å². The molecule has 1 atom stereocenters. The van der Waals surface area contributed by atoms with E-state index in [-0.39, 0.29) is 16.8 Å². The van der Waals surface area contributed by atoms with E-state index in [1.165, 1.54) is 6.07 Å². The van der Waals surface area contributed by atoms with Gasteiger partial charge in [0, 0.05) is 24.2 Å². The number of piperidine rings is 1. The highest BCUT2D eigenvalue weighted by Crippen LogP contribution is 2.36. The minimum atomic E-state index is -4.65. The fourth-order valence-corrected chi connectivity index (χ4v) is 3.98. The van der Waals surface area contributed by atoms with Gasteiger partial charge in [-0.15, -0.1) is 0 Å². The normalized spacial score (nSPS) is 18.3. The largest absolute Gasteiger partial charge is 0.418 e. The number of sulfonamides is 1. The number of rotatable bonds is 5. The maximum absolute atomic E-state index is 13.1. The van der Waals surface area contributed by atoms with Crippen molar-refractivity contribution in [2.75, 3.05) is 24.7 Å². The van der Waals surface area contributed by atoms with Crippen LogP contribution < -0.4 is 10.0 Å². The van der Waals surface area contributed by atoms with E-state index < -0.39 is 33.7 Å². The lowest BCUT2D eigenvalue weighted by Gasteiger charge is -2.35. The lowest BCUT2D eigenvalue weighted by Crippen LogP contribution is -2.50. The summed E-state index contributed by atoms with van der Waals surface area (Å²) in [5.41, 5.74) is -1.36. The van der Waals surface area contributed by atoms with Crippen LogP contribution in [0.15, 0.2) is 18.2 Å². The summed E-state index contributed by atoms with van der Waals surface area (Å²) in [5.74, 6) is -0.572. The van der Waals surface area contributed by atoms with Crippen LogP contribution in [0.2, 0.25) is 5.02 Å². The zero-order valence-electron chi connectivity index (χ0n) is 14.8. The molecule has 0 spiro atoms. The molecule has 1 aromatic carbocycles. The number of hydrogen-bond donors (Lipinski definition) is 2. The van der Waals surface area contributed by atoms with Gasteiger partial charge in [-0.25, -0.2) is 13.1 Å². The number of nitrogens with zero attached hydrogens (tertiary/aromatic N) is 1. The highest BCUT2D eigenvalue weighted by molar-refractivity contribution is 7.88. The molecule has 1 unspecified atom stereocenters. The maximum Gasteiger partial charge on any atom is 0.418 e. The van der Waals surface area contributed by atoms with Crippen molar-refractivity contribution in [2.45, 2.75) is 38.0 Å². The smallest absolute Gasteiger partial charge is 0.324 e. The molecule has 2 N–H and O–H groups in total. The minimum Gasteiger partial charge on any atom is -0.324 e. The number of benzene rings is 1. The molecular formula is C16H21ClF3N3O3S. The summed E-state index contributed by atoms with van der Waals surface area (Å²) in [6.07, 6.45) is -2.54. The lowest BCUT2D eigenvalue weighted by atomic mass is 10.0. The SMILES string of the molecule is CC(C(=O)Nc1ccc(Cl)cc1C(F)(F)F)N1CCC(NS(C)(=O)=O)CC1. The molecule has 11 heteroatoms. The minimum absolute atomic E-state index is 0.0752. The molecule has 27 heavy (non-hydrogen) atoms. The average Bonchev–Trinajstić information content (AvgIpc) is 2.54. The third-order valence-corrected chi connectivity index (χ3v) is 5.38. The average molecular weight is 428 g/mol. The molecule has 2 rings (SSSR count). The van der Waals surface area contributed by atoms with Crippen LogP contribution in [0.4, 0.5) is 18.9 Å². The fourth-order valence-electron chi connectivity index (χ4n) is 2.97. The Kier molecular flexibility index (Phi) is 6.77. The van der Waals surface area contributed by atoms with Crippen molar-refractivity contribution < 1.29 is 26.4 Å². The molecule has 1 aliphatic heterocycles. The molecule has 0 aromatic heterocycles. The van der Waals surface area contributed by atoms with E-state index in [0.717, 1.165) is 18.4 Å². The monoisotopic (exact) mass is 427 g/mol. The van der Waals surface area contributed by atoms with Gasteiger partial charge in [-0.3, -0.25) is 9.69 Å². The molecule has 0 aliphatic carbocycles. The topological polar surface area (TPSA) is 78.5 Å². The van der Waals surface area contributed by atoms with E-state index in [1.807, 2.05) is 0 Å². The van der Waals surface area contributed by atoms with Crippen LogP contribution in [0, 0.1) is 0 Å². The van der Waals surface area contributed by atoms with Crippen LogP contribution in [0.3, 0.4) is 0 Å². The number of anilines is 1. The second-order valence-electron chi connectivity index (χ2n) is 6.55. The molecule has 0 radical (unpaired) electrons. The Morgan fingerprint density at radius 1 is 1.30 bits per heavy atom. The predicted molar refractivity (Wildman–Crippen MR) is 97.1 cm³/mol. The molecule has 0 saturated carbocycles. The van der Waals surface area contributed by atoms with Crippen LogP contribution in [0.5, 0.6) is 0 Å². The Balaban J connectivity index is 2.01. The van der Waals surface area contributed by atoms with Gasteiger partial charge in [0.2, 0.25) is 15.9 Å². The summed E-state index contributed by atoms with van der Waals surface area (Å²) in [5, 5.41) is 2.24. The zero-order chi connectivity index (χ0) is 20.4. The molecule has 1 saturated heterocycles. The fraction of sp³-hybridized carbons (Fsp3) is 0.562.